The van der Waals surface area contributed by atoms with Gasteiger partial charge in [-0.15, -0.1) is 11.6 Å². The summed E-state index contributed by atoms with van der Waals surface area (Å²) in [4.78, 5) is 22.7. The molecule has 1 atom stereocenters. The van der Waals surface area contributed by atoms with Crippen LogP contribution in [0.2, 0.25) is 0 Å². The highest BCUT2D eigenvalue weighted by Gasteiger charge is 2.34. The third kappa shape index (κ3) is 5.71. The van der Waals surface area contributed by atoms with Gasteiger partial charge in [-0.05, 0) is 43.0 Å². The van der Waals surface area contributed by atoms with Crippen molar-refractivity contribution >= 4 is 29.4 Å². The van der Waals surface area contributed by atoms with Crippen molar-refractivity contribution < 1.29 is 29.3 Å². The third-order valence-electron chi connectivity index (χ3n) is 4.92. The molecule has 0 heterocycles. The summed E-state index contributed by atoms with van der Waals surface area (Å²) in [7, 11) is 0. The predicted molar refractivity (Wildman–Crippen MR) is 109 cm³/mol. The minimum Gasteiger partial charge on any atom is -0.507 e. The number of Topliss-reactive ketones (excluding diaryl/α,β-unsaturated/α-hetero) is 1. The van der Waals surface area contributed by atoms with E-state index in [2.05, 4.69) is 0 Å². The molecule has 154 valence electrons. The van der Waals surface area contributed by atoms with E-state index in [1.807, 2.05) is 12.1 Å². The summed E-state index contributed by atoms with van der Waals surface area (Å²) >= 11 is 5.92. The van der Waals surface area contributed by atoms with Crippen molar-refractivity contribution in [3.63, 3.8) is 0 Å². The van der Waals surface area contributed by atoms with Gasteiger partial charge in [-0.3, -0.25) is 9.59 Å². The van der Waals surface area contributed by atoms with Crippen LogP contribution in [0, 0.1) is 5.92 Å². The van der Waals surface area contributed by atoms with Crippen LogP contribution in [0.3, 0.4) is 0 Å². The minimum absolute atomic E-state index is 0.00832. The average Bonchev–Trinajstić information content (AvgIpc) is 2.67. The first-order valence-corrected chi connectivity index (χ1v) is 9.91. The lowest BCUT2D eigenvalue weighted by molar-refractivity contribution is -0.151. The number of hydrogen-bond acceptors (Lipinski definition) is 5. The molecule has 3 rings (SSSR count). The smallest absolute Gasteiger partial charge is 0.306 e. The number of aliphatic carboxylic acids is 1. The molecule has 1 aromatic rings. The van der Waals surface area contributed by atoms with E-state index >= 15 is 0 Å². The molecule has 1 unspecified atom stereocenters. The van der Waals surface area contributed by atoms with Gasteiger partial charge in [0.2, 0.25) is 0 Å². The van der Waals surface area contributed by atoms with E-state index in [4.69, 9.17) is 26.2 Å². The molecule has 2 N–H and O–H groups in total. The molecule has 0 saturated heterocycles. The number of ether oxygens (including phenoxy) is 2. The highest BCUT2D eigenvalue weighted by Crippen LogP contribution is 2.30. The van der Waals surface area contributed by atoms with Crippen LogP contribution in [0.1, 0.15) is 24.8 Å². The van der Waals surface area contributed by atoms with Crippen LogP contribution < -0.4 is 4.74 Å². The van der Waals surface area contributed by atoms with Crippen molar-refractivity contribution in [2.24, 2.45) is 5.92 Å². The van der Waals surface area contributed by atoms with Crippen LogP contribution >= 0.6 is 11.6 Å². The van der Waals surface area contributed by atoms with Crippen LogP contribution in [0.15, 0.2) is 53.8 Å². The number of benzene rings is 1. The Morgan fingerprint density at radius 1 is 1.17 bits per heavy atom. The van der Waals surface area contributed by atoms with E-state index < -0.39 is 11.3 Å². The summed E-state index contributed by atoms with van der Waals surface area (Å²) < 4.78 is 11.2. The van der Waals surface area contributed by atoms with Gasteiger partial charge in [-0.2, -0.15) is 0 Å². The standard InChI is InChI=1S/C22H23ClO6/c23-19-3-1-2-18(21(19)25)20(24)9-6-14-4-7-16(8-5-14)28-10-11-29-17-12-15(13-17)22(26)27/h1-2,4-9,15,17,19,24H,3,10-13H2,(H,26,27)/b9-6+,20-18?. The van der Waals surface area contributed by atoms with Crippen molar-refractivity contribution in [3.05, 3.63) is 59.4 Å². The van der Waals surface area contributed by atoms with E-state index in [9.17, 15) is 14.7 Å². The fourth-order valence-electron chi connectivity index (χ4n) is 3.09. The second kappa shape index (κ2) is 9.76. The molecule has 0 bridgehead atoms. The maximum atomic E-state index is 12.0. The van der Waals surface area contributed by atoms with Gasteiger partial charge >= 0.3 is 5.97 Å². The quantitative estimate of drug-likeness (QED) is 0.288. The Labute approximate surface area is 174 Å². The Kier molecular flexibility index (Phi) is 7.12. The number of ketones is 1. The molecule has 29 heavy (non-hydrogen) atoms. The first-order valence-electron chi connectivity index (χ1n) is 9.47. The average molecular weight is 419 g/mol. The van der Waals surface area contributed by atoms with Gasteiger partial charge < -0.3 is 19.7 Å². The van der Waals surface area contributed by atoms with Gasteiger partial charge in [0.05, 0.1) is 24.2 Å². The van der Waals surface area contributed by atoms with Crippen LogP contribution in [0.5, 0.6) is 5.75 Å². The summed E-state index contributed by atoms with van der Waals surface area (Å²) in [6.07, 6.45) is 8.13. The number of halogens is 1. The van der Waals surface area contributed by atoms with Gasteiger partial charge in [0.25, 0.3) is 0 Å². The molecule has 2 aliphatic carbocycles. The lowest BCUT2D eigenvalue weighted by Gasteiger charge is -2.31. The number of carboxylic acid groups (broad SMARTS) is 1. The SMILES string of the molecule is O=C1C(=C(O)/C=C/c2ccc(OCCOC3CC(C(=O)O)C3)cc2)C=CCC1Cl. The van der Waals surface area contributed by atoms with Crippen molar-refractivity contribution in [2.45, 2.75) is 30.7 Å². The van der Waals surface area contributed by atoms with E-state index in [0.29, 0.717) is 38.2 Å². The van der Waals surface area contributed by atoms with Crippen molar-refractivity contribution in [3.8, 4) is 5.75 Å². The number of rotatable bonds is 8. The number of carbonyl (C=O) groups excluding carboxylic acids is 1. The normalized spacial score (nSPS) is 25.7. The van der Waals surface area contributed by atoms with Gasteiger partial charge in [-0.25, -0.2) is 0 Å². The van der Waals surface area contributed by atoms with Gasteiger partial charge in [0, 0.05) is 0 Å². The fourth-order valence-corrected chi connectivity index (χ4v) is 3.31. The van der Waals surface area contributed by atoms with E-state index in [0.717, 1.165) is 5.56 Å². The molecule has 0 aromatic heterocycles. The van der Waals surface area contributed by atoms with E-state index in [1.54, 1.807) is 30.4 Å². The Balaban J connectivity index is 1.44. The van der Waals surface area contributed by atoms with Crippen LogP contribution in [-0.2, 0) is 14.3 Å². The van der Waals surface area contributed by atoms with Crippen LogP contribution in [0.4, 0.5) is 0 Å². The zero-order chi connectivity index (χ0) is 20.8. The number of hydrogen-bond donors (Lipinski definition) is 2. The second-order valence-electron chi connectivity index (χ2n) is 7.02. The Morgan fingerprint density at radius 2 is 1.90 bits per heavy atom. The second-order valence-corrected chi connectivity index (χ2v) is 7.55. The molecule has 7 heteroatoms. The number of allylic oxidation sites excluding steroid dienone is 4. The zero-order valence-electron chi connectivity index (χ0n) is 15.8. The number of carboxylic acids is 1. The van der Waals surface area contributed by atoms with Crippen LogP contribution in [-0.4, -0.2) is 46.7 Å². The summed E-state index contributed by atoms with van der Waals surface area (Å²) in [6.45, 7) is 0.785. The number of carbonyl (C=O) groups is 2. The van der Waals surface area contributed by atoms with Crippen molar-refractivity contribution in [2.75, 3.05) is 13.2 Å². The minimum atomic E-state index is -0.759. The maximum absolute atomic E-state index is 12.0. The topological polar surface area (TPSA) is 93.1 Å². The number of aliphatic hydroxyl groups excluding tert-OH is 1. The van der Waals surface area contributed by atoms with E-state index in [-0.39, 0.29) is 29.1 Å². The summed E-state index contributed by atoms with van der Waals surface area (Å²) in [6, 6.07) is 7.26. The Hall–Kier alpha value is -2.57. The molecule has 2 aliphatic rings. The van der Waals surface area contributed by atoms with Crippen molar-refractivity contribution in [1.29, 1.82) is 0 Å². The predicted octanol–water partition coefficient (Wildman–Crippen LogP) is 3.91. The molecule has 0 spiro atoms. The first-order chi connectivity index (χ1) is 13.9. The molecule has 1 aromatic carbocycles. The first kappa shape index (κ1) is 21.1. The zero-order valence-corrected chi connectivity index (χ0v) is 16.5. The highest BCUT2D eigenvalue weighted by molar-refractivity contribution is 6.34. The molecular weight excluding hydrogens is 396 g/mol. The summed E-state index contributed by atoms with van der Waals surface area (Å²) in [5.41, 5.74) is 1.05. The third-order valence-corrected chi connectivity index (χ3v) is 5.29. The maximum Gasteiger partial charge on any atom is 0.306 e. The molecule has 1 saturated carbocycles. The Bertz CT molecular complexity index is 833. The van der Waals surface area contributed by atoms with Crippen molar-refractivity contribution in [1.82, 2.24) is 0 Å². The fraction of sp³-hybridized carbons (Fsp3) is 0.364. The number of aliphatic hydroxyl groups is 1. The van der Waals surface area contributed by atoms with Crippen LogP contribution in [0.25, 0.3) is 6.08 Å². The molecule has 1 fully saturated rings. The largest absolute Gasteiger partial charge is 0.507 e. The van der Waals surface area contributed by atoms with Gasteiger partial charge in [0.1, 0.15) is 23.5 Å². The lowest BCUT2D eigenvalue weighted by atomic mass is 9.82. The molecule has 6 nitrogen and oxygen atoms in total. The summed E-state index contributed by atoms with van der Waals surface area (Å²) in [5, 5.41) is 18.3. The molecular formula is C22H23ClO6. The highest BCUT2D eigenvalue weighted by atomic mass is 35.5. The lowest BCUT2D eigenvalue weighted by Crippen LogP contribution is -2.36. The molecule has 0 aliphatic heterocycles. The van der Waals surface area contributed by atoms with Gasteiger partial charge in [0.15, 0.2) is 5.78 Å². The van der Waals surface area contributed by atoms with Gasteiger partial charge in [-0.1, -0.05) is 30.4 Å². The monoisotopic (exact) mass is 418 g/mol. The molecule has 0 amide bonds. The number of alkyl halides is 1. The van der Waals surface area contributed by atoms with E-state index in [1.165, 1.54) is 6.08 Å². The molecule has 0 radical (unpaired) electrons. The summed E-state index contributed by atoms with van der Waals surface area (Å²) in [5.74, 6) is -0.747. The Morgan fingerprint density at radius 3 is 2.59 bits per heavy atom.